The maximum absolute atomic E-state index is 12.7. The van der Waals surface area contributed by atoms with Crippen LogP contribution in [0.5, 0.6) is 5.75 Å². The van der Waals surface area contributed by atoms with E-state index in [9.17, 15) is 9.59 Å². The minimum Gasteiger partial charge on any atom is -0.490 e. The summed E-state index contributed by atoms with van der Waals surface area (Å²) >= 11 is 5.88. The van der Waals surface area contributed by atoms with Crippen molar-refractivity contribution in [2.45, 2.75) is 18.9 Å². The van der Waals surface area contributed by atoms with Gasteiger partial charge < -0.3 is 19.6 Å². The third-order valence-electron chi connectivity index (χ3n) is 4.61. The van der Waals surface area contributed by atoms with Crippen molar-refractivity contribution in [2.24, 2.45) is 0 Å². The van der Waals surface area contributed by atoms with Crippen molar-refractivity contribution in [1.29, 1.82) is 0 Å². The summed E-state index contributed by atoms with van der Waals surface area (Å²) in [5, 5.41) is 0.679. The number of aromatic nitrogens is 2. The molecule has 2 aromatic carbocycles. The molecule has 0 saturated carbocycles. The molecule has 1 aliphatic rings. The standard InChI is InChI=1S/C19H18ClN3O3/c20-13-2-4-14(5-3-13)26-15-7-9-23(10-8-15)18(24)12-1-6-16-17(11-12)22-19(25)21-16/h1-6,11,15H,7-10H2,(H2,21,22,25). The number of carbonyl (C=O) groups excluding carboxylic acids is 1. The van der Waals surface area contributed by atoms with Crippen LogP contribution < -0.4 is 10.4 Å². The van der Waals surface area contributed by atoms with Crippen LogP contribution in [0.1, 0.15) is 23.2 Å². The second kappa shape index (κ2) is 6.88. The number of H-pyrrole nitrogens is 2. The molecular weight excluding hydrogens is 354 g/mol. The lowest BCUT2D eigenvalue weighted by Gasteiger charge is -2.32. The van der Waals surface area contributed by atoms with E-state index in [4.69, 9.17) is 16.3 Å². The molecule has 4 rings (SSSR count). The molecule has 26 heavy (non-hydrogen) atoms. The van der Waals surface area contributed by atoms with Crippen LogP contribution >= 0.6 is 11.6 Å². The molecule has 2 heterocycles. The Kier molecular flexibility index (Phi) is 4.42. The second-order valence-corrected chi connectivity index (χ2v) is 6.84. The number of piperidine rings is 1. The Morgan fingerprint density at radius 3 is 2.46 bits per heavy atom. The predicted octanol–water partition coefficient (Wildman–Crippen LogP) is 3.19. The Morgan fingerprint density at radius 2 is 1.73 bits per heavy atom. The molecule has 1 fully saturated rings. The average molecular weight is 372 g/mol. The number of halogens is 1. The van der Waals surface area contributed by atoms with E-state index in [0.717, 1.165) is 18.6 Å². The first-order valence-corrected chi connectivity index (χ1v) is 8.90. The summed E-state index contributed by atoms with van der Waals surface area (Å²) in [6, 6.07) is 12.5. The average Bonchev–Trinajstić information content (AvgIpc) is 3.03. The first-order chi connectivity index (χ1) is 12.6. The van der Waals surface area contributed by atoms with E-state index in [1.165, 1.54) is 0 Å². The zero-order chi connectivity index (χ0) is 18.1. The molecule has 1 saturated heterocycles. The quantitative estimate of drug-likeness (QED) is 0.742. The molecular formula is C19H18ClN3O3. The lowest BCUT2D eigenvalue weighted by molar-refractivity contribution is 0.0595. The first-order valence-electron chi connectivity index (χ1n) is 8.52. The second-order valence-electron chi connectivity index (χ2n) is 6.40. The van der Waals surface area contributed by atoms with Gasteiger partial charge in [0.05, 0.1) is 11.0 Å². The predicted molar refractivity (Wildman–Crippen MR) is 99.9 cm³/mol. The van der Waals surface area contributed by atoms with Crippen LogP contribution in [-0.4, -0.2) is 40.0 Å². The minimum atomic E-state index is -0.273. The van der Waals surface area contributed by atoms with Gasteiger partial charge in [-0.25, -0.2) is 4.79 Å². The zero-order valence-corrected chi connectivity index (χ0v) is 14.8. The largest absolute Gasteiger partial charge is 0.490 e. The van der Waals surface area contributed by atoms with Crippen LogP contribution in [0.2, 0.25) is 5.02 Å². The Hall–Kier alpha value is -2.73. The number of carbonyl (C=O) groups is 1. The van der Waals surface area contributed by atoms with Gasteiger partial charge in [0.2, 0.25) is 0 Å². The number of fused-ring (bicyclic) bond motifs is 1. The highest BCUT2D eigenvalue weighted by molar-refractivity contribution is 6.30. The Labute approximate surface area is 154 Å². The van der Waals surface area contributed by atoms with Crippen LogP contribution in [-0.2, 0) is 0 Å². The van der Waals surface area contributed by atoms with Crippen molar-refractivity contribution < 1.29 is 9.53 Å². The Bertz CT molecular complexity index is 985. The fraction of sp³-hybridized carbons (Fsp3) is 0.263. The summed E-state index contributed by atoms with van der Waals surface area (Å²) in [6.07, 6.45) is 1.64. The van der Waals surface area contributed by atoms with Gasteiger partial charge >= 0.3 is 5.69 Å². The molecule has 1 aliphatic heterocycles. The lowest BCUT2D eigenvalue weighted by Crippen LogP contribution is -2.41. The number of hydrogen-bond acceptors (Lipinski definition) is 3. The lowest BCUT2D eigenvalue weighted by atomic mass is 10.1. The van der Waals surface area contributed by atoms with E-state index < -0.39 is 0 Å². The number of nitrogens with zero attached hydrogens (tertiary/aromatic N) is 1. The molecule has 0 aliphatic carbocycles. The molecule has 0 unspecified atom stereocenters. The van der Waals surface area contributed by atoms with Gasteiger partial charge in [0, 0.05) is 36.5 Å². The van der Waals surface area contributed by atoms with Crippen molar-refractivity contribution in [1.82, 2.24) is 14.9 Å². The monoisotopic (exact) mass is 371 g/mol. The smallest absolute Gasteiger partial charge is 0.323 e. The highest BCUT2D eigenvalue weighted by Gasteiger charge is 2.25. The molecule has 1 amide bonds. The topological polar surface area (TPSA) is 78.2 Å². The van der Waals surface area contributed by atoms with Crippen molar-refractivity contribution >= 4 is 28.5 Å². The van der Waals surface area contributed by atoms with E-state index in [0.29, 0.717) is 34.7 Å². The molecule has 6 nitrogen and oxygen atoms in total. The van der Waals surface area contributed by atoms with Gasteiger partial charge in [-0.1, -0.05) is 11.6 Å². The molecule has 7 heteroatoms. The van der Waals surface area contributed by atoms with Crippen LogP contribution in [0.15, 0.2) is 47.3 Å². The number of aromatic amines is 2. The molecule has 0 bridgehead atoms. The van der Waals surface area contributed by atoms with Crippen LogP contribution in [0.4, 0.5) is 0 Å². The summed E-state index contributed by atoms with van der Waals surface area (Å²) in [4.78, 5) is 31.3. The summed E-state index contributed by atoms with van der Waals surface area (Å²) in [5.41, 5.74) is 1.64. The molecule has 0 radical (unpaired) electrons. The number of imidazole rings is 1. The van der Waals surface area contributed by atoms with E-state index in [2.05, 4.69) is 9.97 Å². The fourth-order valence-corrected chi connectivity index (χ4v) is 3.36. The van der Waals surface area contributed by atoms with Gasteiger partial charge in [-0.3, -0.25) is 4.79 Å². The van der Waals surface area contributed by atoms with Crippen molar-refractivity contribution in [3.05, 3.63) is 63.5 Å². The van der Waals surface area contributed by atoms with Crippen molar-refractivity contribution in [3.63, 3.8) is 0 Å². The maximum Gasteiger partial charge on any atom is 0.323 e. The molecule has 0 spiro atoms. The summed E-state index contributed by atoms with van der Waals surface area (Å²) in [7, 11) is 0. The first kappa shape index (κ1) is 16.7. The summed E-state index contributed by atoms with van der Waals surface area (Å²) in [5.74, 6) is 0.764. The van der Waals surface area contributed by atoms with E-state index in [1.807, 2.05) is 17.0 Å². The number of ether oxygens (including phenoxy) is 1. The Balaban J connectivity index is 1.39. The minimum absolute atomic E-state index is 0.0288. The van der Waals surface area contributed by atoms with E-state index in [1.54, 1.807) is 30.3 Å². The molecule has 1 aromatic heterocycles. The number of amides is 1. The number of nitrogens with one attached hydrogen (secondary N) is 2. The SMILES string of the molecule is O=C(c1ccc2[nH]c(=O)[nH]c2c1)N1CCC(Oc2ccc(Cl)cc2)CC1. The highest BCUT2D eigenvalue weighted by atomic mass is 35.5. The van der Waals surface area contributed by atoms with Crippen LogP contribution in [0.3, 0.4) is 0 Å². The van der Waals surface area contributed by atoms with Gasteiger partial charge in [-0.15, -0.1) is 0 Å². The van der Waals surface area contributed by atoms with Gasteiger partial charge in [0.1, 0.15) is 11.9 Å². The van der Waals surface area contributed by atoms with Gasteiger partial charge in [0.15, 0.2) is 0 Å². The van der Waals surface area contributed by atoms with Crippen LogP contribution in [0.25, 0.3) is 11.0 Å². The third-order valence-corrected chi connectivity index (χ3v) is 4.86. The van der Waals surface area contributed by atoms with Crippen LogP contribution in [0, 0.1) is 0 Å². The summed E-state index contributed by atoms with van der Waals surface area (Å²) < 4.78 is 5.96. The third kappa shape index (κ3) is 3.46. The number of likely N-dealkylation sites (tertiary alicyclic amines) is 1. The van der Waals surface area contributed by atoms with Crippen molar-refractivity contribution in [2.75, 3.05) is 13.1 Å². The molecule has 3 aromatic rings. The van der Waals surface area contributed by atoms with Gasteiger partial charge in [0.25, 0.3) is 5.91 Å². The van der Waals surface area contributed by atoms with E-state index in [-0.39, 0.29) is 17.7 Å². The molecule has 134 valence electrons. The maximum atomic E-state index is 12.7. The molecule has 0 atom stereocenters. The van der Waals surface area contributed by atoms with Gasteiger partial charge in [-0.2, -0.15) is 0 Å². The van der Waals surface area contributed by atoms with Crippen molar-refractivity contribution in [3.8, 4) is 5.75 Å². The van der Waals surface area contributed by atoms with E-state index >= 15 is 0 Å². The molecule has 2 N–H and O–H groups in total. The number of hydrogen-bond donors (Lipinski definition) is 2. The number of rotatable bonds is 3. The highest BCUT2D eigenvalue weighted by Crippen LogP contribution is 2.22. The fourth-order valence-electron chi connectivity index (χ4n) is 3.23. The normalized spacial score (nSPS) is 15.3. The van der Waals surface area contributed by atoms with Gasteiger partial charge in [-0.05, 0) is 42.5 Å². The zero-order valence-electron chi connectivity index (χ0n) is 14.0. The Morgan fingerprint density at radius 1 is 1.04 bits per heavy atom. The summed E-state index contributed by atoms with van der Waals surface area (Å²) in [6.45, 7) is 1.28. The number of benzene rings is 2.